The lowest BCUT2D eigenvalue weighted by molar-refractivity contribution is -0.141. The molecule has 0 atom stereocenters. The molecular formula is C13H20N2O3. The van der Waals surface area contributed by atoms with Gasteiger partial charge in [0.15, 0.2) is 0 Å². The smallest absolute Gasteiger partial charge is 0.305 e. The number of aryl methyl sites for hydroxylation is 1. The van der Waals surface area contributed by atoms with Gasteiger partial charge < -0.3 is 4.74 Å². The van der Waals surface area contributed by atoms with Crippen LogP contribution < -0.4 is 0 Å². The van der Waals surface area contributed by atoms with Gasteiger partial charge in [0.05, 0.1) is 19.2 Å². The van der Waals surface area contributed by atoms with Crippen LogP contribution in [0.4, 0.5) is 0 Å². The fraction of sp³-hybridized carbons (Fsp3) is 0.615. The number of esters is 1. The third-order valence-electron chi connectivity index (χ3n) is 2.69. The second kappa shape index (κ2) is 6.93. The van der Waals surface area contributed by atoms with Gasteiger partial charge in [-0.15, -0.1) is 0 Å². The number of rotatable bonds is 7. The molecule has 5 heteroatoms. The molecule has 0 aromatic carbocycles. The van der Waals surface area contributed by atoms with Crippen LogP contribution in [0.3, 0.4) is 0 Å². The molecule has 1 heterocycles. The number of methoxy groups -OCH3 is 1. The third-order valence-corrected chi connectivity index (χ3v) is 2.69. The van der Waals surface area contributed by atoms with Crippen LogP contribution in [0.1, 0.15) is 44.8 Å². The lowest BCUT2D eigenvalue weighted by Crippen LogP contribution is -2.07. The maximum absolute atomic E-state index is 11.5. The Balaban J connectivity index is 2.31. The minimum atomic E-state index is -0.340. The molecule has 0 bridgehead atoms. The van der Waals surface area contributed by atoms with Gasteiger partial charge in [0.1, 0.15) is 5.78 Å². The van der Waals surface area contributed by atoms with Crippen LogP contribution in [0.15, 0.2) is 12.3 Å². The van der Waals surface area contributed by atoms with E-state index in [9.17, 15) is 9.59 Å². The maximum atomic E-state index is 11.5. The van der Waals surface area contributed by atoms with Crippen molar-refractivity contribution in [2.24, 2.45) is 0 Å². The summed E-state index contributed by atoms with van der Waals surface area (Å²) in [7, 11) is 1.32. The first kappa shape index (κ1) is 14.4. The van der Waals surface area contributed by atoms with E-state index in [0.29, 0.717) is 18.9 Å². The van der Waals surface area contributed by atoms with Gasteiger partial charge in [-0.05, 0) is 26.3 Å². The summed E-state index contributed by atoms with van der Waals surface area (Å²) in [4.78, 5) is 22.4. The van der Waals surface area contributed by atoms with Gasteiger partial charge in [0.25, 0.3) is 0 Å². The van der Waals surface area contributed by atoms with Crippen molar-refractivity contribution < 1.29 is 14.3 Å². The van der Waals surface area contributed by atoms with Crippen LogP contribution in [0, 0.1) is 0 Å². The summed E-state index contributed by atoms with van der Waals surface area (Å²) >= 11 is 0. The second-order valence-electron chi connectivity index (χ2n) is 4.50. The maximum Gasteiger partial charge on any atom is 0.305 e. The lowest BCUT2D eigenvalue weighted by atomic mass is 10.1. The van der Waals surface area contributed by atoms with E-state index in [0.717, 1.165) is 5.69 Å². The number of Topliss-reactive ketones (excluding diaryl/α,β-unsaturated/α-hetero) is 1. The standard InChI is InChI=1S/C13H20N2O3/c1-10(2)15-9-8-11(14-15)4-5-12(16)6-7-13(17)18-3/h8-10H,4-7H2,1-3H3. The van der Waals surface area contributed by atoms with Gasteiger partial charge >= 0.3 is 5.97 Å². The Bertz CT molecular complexity index is 410. The van der Waals surface area contributed by atoms with Crippen LogP contribution in [0.25, 0.3) is 0 Å². The highest BCUT2D eigenvalue weighted by Gasteiger charge is 2.08. The first-order valence-corrected chi connectivity index (χ1v) is 6.15. The van der Waals surface area contributed by atoms with Crippen molar-refractivity contribution in [3.05, 3.63) is 18.0 Å². The summed E-state index contributed by atoms with van der Waals surface area (Å²) in [5, 5.41) is 4.37. The van der Waals surface area contributed by atoms with Gasteiger partial charge in [-0.2, -0.15) is 5.10 Å². The van der Waals surface area contributed by atoms with E-state index < -0.39 is 0 Å². The van der Waals surface area contributed by atoms with Gasteiger partial charge in [0.2, 0.25) is 0 Å². The van der Waals surface area contributed by atoms with Crippen molar-refractivity contribution in [2.45, 2.75) is 45.6 Å². The molecule has 1 aromatic rings. The Labute approximate surface area is 107 Å². The Morgan fingerprint density at radius 3 is 2.61 bits per heavy atom. The zero-order valence-electron chi connectivity index (χ0n) is 11.2. The van der Waals surface area contributed by atoms with Crippen molar-refractivity contribution in [3.63, 3.8) is 0 Å². The molecular weight excluding hydrogens is 232 g/mol. The number of carbonyl (C=O) groups is 2. The number of aromatic nitrogens is 2. The molecule has 100 valence electrons. The molecule has 0 spiro atoms. The van der Waals surface area contributed by atoms with Gasteiger partial charge in [-0.25, -0.2) is 0 Å². The van der Waals surface area contributed by atoms with E-state index in [1.165, 1.54) is 7.11 Å². The summed E-state index contributed by atoms with van der Waals surface area (Å²) in [6, 6.07) is 2.25. The highest BCUT2D eigenvalue weighted by atomic mass is 16.5. The van der Waals surface area contributed by atoms with E-state index in [1.54, 1.807) is 0 Å². The molecule has 1 rings (SSSR count). The summed E-state index contributed by atoms with van der Waals surface area (Å²) in [6.45, 7) is 4.11. The molecule has 0 aliphatic rings. The molecule has 0 fully saturated rings. The molecule has 0 radical (unpaired) electrons. The van der Waals surface area contributed by atoms with Crippen molar-refractivity contribution in [3.8, 4) is 0 Å². The summed E-state index contributed by atoms with van der Waals surface area (Å²) in [5.74, 6) is -0.271. The average Bonchev–Trinajstić information content (AvgIpc) is 2.82. The van der Waals surface area contributed by atoms with Crippen LogP contribution in [0.2, 0.25) is 0 Å². The zero-order valence-corrected chi connectivity index (χ0v) is 11.2. The Morgan fingerprint density at radius 2 is 2.06 bits per heavy atom. The highest BCUT2D eigenvalue weighted by molar-refractivity contribution is 5.82. The number of ether oxygens (including phenoxy) is 1. The van der Waals surface area contributed by atoms with E-state index >= 15 is 0 Å². The second-order valence-corrected chi connectivity index (χ2v) is 4.50. The molecule has 0 aliphatic heterocycles. The summed E-state index contributed by atoms with van der Waals surface area (Å²) in [6.07, 6.45) is 3.37. The Morgan fingerprint density at radius 1 is 1.33 bits per heavy atom. The van der Waals surface area contributed by atoms with Gasteiger partial charge in [-0.3, -0.25) is 14.3 Å². The molecule has 0 saturated heterocycles. The Hall–Kier alpha value is -1.65. The number of carbonyl (C=O) groups excluding carboxylic acids is 2. The molecule has 0 saturated carbocycles. The number of hydrogen-bond acceptors (Lipinski definition) is 4. The minimum absolute atomic E-state index is 0.0690. The summed E-state index contributed by atoms with van der Waals surface area (Å²) in [5.41, 5.74) is 0.912. The minimum Gasteiger partial charge on any atom is -0.469 e. The van der Waals surface area contributed by atoms with E-state index in [2.05, 4.69) is 23.7 Å². The molecule has 18 heavy (non-hydrogen) atoms. The largest absolute Gasteiger partial charge is 0.469 e. The first-order chi connectivity index (χ1) is 8.52. The van der Waals surface area contributed by atoms with Crippen LogP contribution in [-0.2, 0) is 20.7 Å². The first-order valence-electron chi connectivity index (χ1n) is 6.15. The lowest BCUT2D eigenvalue weighted by Gasteiger charge is -2.03. The van der Waals surface area contributed by atoms with E-state index in [4.69, 9.17) is 0 Å². The third kappa shape index (κ3) is 4.69. The fourth-order valence-corrected chi connectivity index (χ4v) is 1.53. The fourth-order valence-electron chi connectivity index (χ4n) is 1.53. The van der Waals surface area contributed by atoms with Crippen molar-refractivity contribution >= 4 is 11.8 Å². The Kier molecular flexibility index (Phi) is 5.55. The molecule has 0 amide bonds. The van der Waals surface area contributed by atoms with Crippen LogP contribution in [0.5, 0.6) is 0 Å². The molecule has 0 aliphatic carbocycles. The molecule has 5 nitrogen and oxygen atoms in total. The van der Waals surface area contributed by atoms with Gasteiger partial charge in [0, 0.05) is 25.1 Å². The normalized spacial score (nSPS) is 10.7. The monoisotopic (exact) mass is 252 g/mol. The predicted molar refractivity (Wildman–Crippen MR) is 67.2 cm³/mol. The van der Waals surface area contributed by atoms with E-state index in [-0.39, 0.29) is 24.6 Å². The topological polar surface area (TPSA) is 61.2 Å². The average molecular weight is 252 g/mol. The van der Waals surface area contributed by atoms with Gasteiger partial charge in [-0.1, -0.05) is 0 Å². The summed E-state index contributed by atoms with van der Waals surface area (Å²) < 4.78 is 6.36. The predicted octanol–water partition coefficient (Wildman–Crippen LogP) is 1.92. The SMILES string of the molecule is COC(=O)CCC(=O)CCc1ccn(C(C)C)n1. The highest BCUT2D eigenvalue weighted by Crippen LogP contribution is 2.07. The number of ketones is 1. The quantitative estimate of drug-likeness (QED) is 0.695. The van der Waals surface area contributed by atoms with Crippen LogP contribution >= 0.6 is 0 Å². The zero-order chi connectivity index (χ0) is 13.5. The van der Waals surface area contributed by atoms with Crippen LogP contribution in [-0.4, -0.2) is 28.6 Å². The molecule has 0 unspecified atom stereocenters. The molecule has 1 aromatic heterocycles. The molecule has 0 N–H and O–H groups in total. The number of nitrogens with zero attached hydrogens (tertiary/aromatic N) is 2. The van der Waals surface area contributed by atoms with Crippen molar-refractivity contribution in [1.29, 1.82) is 0 Å². The van der Waals surface area contributed by atoms with Crippen molar-refractivity contribution in [2.75, 3.05) is 7.11 Å². The number of hydrogen-bond donors (Lipinski definition) is 0. The van der Waals surface area contributed by atoms with E-state index in [1.807, 2.05) is 16.9 Å². The van der Waals surface area contributed by atoms with Crippen molar-refractivity contribution in [1.82, 2.24) is 9.78 Å².